The first-order valence-electron chi connectivity index (χ1n) is 15.4. The van der Waals surface area contributed by atoms with Gasteiger partial charge in [-0.15, -0.1) is 0 Å². The van der Waals surface area contributed by atoms with Gasteiger partial charge in [0.05, 0.1) is 22.1 Å². The second-order valence-corrected chi connectivity index (χ2v) is 12.3. The number of pyridine rings is 1. The van der Waals surface area contributed by atoms with Crippen LogP contribution < -0.4 is 15.8 Å². The molecule has 3 heterocycles. The molecule has 2 saturated heterocycles. The summed E-state index contributed by atoms with van der Waals surface area (Å²) in [5, 5.41) is 13.4. The van der Waals surface area contributed by atoms with Gasteiger partial charge >= 0.3 is 0 Å². The van der Waals surface area contributed by atoms with Gasteiger partial charge in [-0.05, 0) is 87.8 Å². The summed E-state index contributed by atoms with van der Waals surface area (Å²) in [6.45, 7) is 11.1. The third-order valence-corrected chi connectivity index (χ3v) is 9.63. The highest BCUT2D eigenvalue weighted by Gasteiger charge is 2.35. The number of benzene rings is 2. The monoisotopic (exact) mass is 616 g/mol. The summed E-state index contributed by atoms with van der Waals surface area (Å²) in [6, 6.07) is 14.8. The van der Waals surface area contributed by atoms with Crippen molar-refractivity contribution < 1.29 is 14.3 Å². The standard InChI is InChI=1S/C35H41ClN4O4/c1-5-40(27-10-14-43-15-11-27)30-19-28(25-6-8-26(9-7-25)35(21-37)12-16-44-17-13-35)32(36)31(24(30)4)34(42)38-20-29-22(2)18-23(3)39-33(29)41/h6-9,18-19,27H,5,10-17,20H2,1-4H3,(H,38,42)(H,39,41). The molecule has 1 amide bonds. The van der Waals surface area contributed by atoms with Crippen molar-refractivity contribution in [1.82, 2.24) is 10.3 Å². The van der Waals surface area contributed by atoms with E-state index in [9.17, 15) is 14.9 Å². The van der Waals surface area contributed by atoms with E-state index in [0.717, 1.165) is 58.6 Å². The van der Waals surface area contributed by atoms with Gasteiger partial charge in [-0.3, -0.25) is 9.59 Å². The minimum atomic E-state index is -0.571. The van der Waals surface area contributed by atoms with Crippen LogP contribution in [0.25, 0.3) is 11.1 Å². The van der Waals surface area contributed by atoms with Crippen LogP contribution in [-0.4, -0.2) is 49.9 Å². The van der Waals surface area contributed by atoms with Crippen molar-refractivity contribution in [1.29, 1.82) is 5.26 Å². The number of aromatic amines is 1. The third-order valence-electron chi connectivity index (χ3n) is 9.23. The number of ether oxygens (including phenoxy) is 2. The lowest BCUT2D eigenvalue weighted by Gasteiger charge is -2.37. The van der Waals surface area contributed by atoms with Gasteiger partial charge in [0.15, 0.2) is 0 Å². The van der Waals surface area contributed by atoms with Crippen LogP contribution in [0.1, 0.15) is 70.9 Å². The Morgan fingerprint density at radius 1 is 1.09 bits per heavy atom. The number of nitrogens with one attached hydrogen (secondary N) is 2. The normalized spacial score (nSPS) is 16.7. The minimum absolute atomic E-state index is 0.0850. The lowest BCUT2D eigenvalue weighted by atomic mass is 9.75. The number of hydrogen-bond acceptors (Lipinski definition) is 6. The molecule has 0 radical (unpaired) electrons. The molecule has 1 aromatic heterocycles. The number of amides is 1. The van der Waals surface area contributed by atoms with Crippen molar-refractivity contribution in [3.05, 3.63) is 85.3 Å². The second-order valence-electron chi connectivity index (χ2n) is 11.9. The highest BCUT2D eigenvalue weighted by Crippen LogP contribution is 2.41. The first kappa shape index (κ1) is 31.8. The zero-order valence-electron chi connectivity index (χ0n) is 26.0. The lowest BCUT2D eigenvalue weighted by molar-refractivity contribution is 0.0675. The summed E-state index contributed by atoms with van der Waals surface area (Å²) >= 11 is 7.12. The maximum absolute atomic E-state index is 13.9. The molecule has 8 nitrogen and oxygen atoms in total. The van der Waals surface area contributed by atoms with Gasteiger partial charge < -0.3 is 24.7 Å². The summed E-state index contributed by atoms with van der Waals surface area (Å²) < 4.78 is 11.2. The molecule has 5 rings (SSSR count). The fourth-order valence-corrected chi connectivity index (χ4v) is 7.04. The third kappa shape index (κ3) is 6.28. The molecule has 0 saturated carbocycles. The van der Waals surface area contributed by atoms with Gasteiger partial charge in [0, 0.05) is 68.1 Å². The van der Waals surface area contributed by atoms with Crippen LogP contribution in [0.2, 0.25) is 5.02 Å². The first-order chi connectivity index (χ1) is 21.2. The van der Waals surface area contributed by atoms with E-state index >= 15 is 0 Å². The van der Waals surface area contributed by atoms with E-state index in [-0.39, 0.29) is 24.1 Å². The molecule has 44 heavy (non-hydrogen) atoms. The predicted octanol–water partition coefficient (Wildman–Crippen LogP) is 6.13. The Labute approximate surface area is 264 Å². The predicted molar refractivity (Wildman–Crippen MR) is 174 cm³/mol. The average Bonchev–Trinajstić information content (AvgIpc) is 3.03. The van der Waals surface area contributed by atoms with Crippen molar-refractivity contribution in [2.45, 2.75) is 71.4 Å². The minimum Gasteiger partial charge on any atom is -0.381 e. The van der Waals surface area contributed by atoms with Gasteiger partial charge in [-0.1, -0.05) is 35.9 Å². The van der Waals surface area contributed by atoms with Crippen molar-refractivity contribution in [2.24, 2.45) is 0 Å². The maximum Gasteiger partial charge on any atom is 0.253 e. The Balaban J connectivity index is 1.57. The van der Waals surface area contributed by atoms with Crippen LogP contribution in [0.4, 0.5) is 5.69 Å². The van der Waals surface area contributed by atoms with Crippen molar-refractivity contribution in [3.8, 4) is 17.2 Å². The number of H-pyrrole nitrogens is 1. The van der Waals surface area contributed by atoms with E-state index in [1.165, 1.54) is 0 Å². The molecule has 0 aliphatic carbocycles. The van der Waals surface area contributed by atoms with Crippen molar-refractivity contribution in [3.63, 3.8) is 0 Å². The van der Waals surface area contributed by atoms with E-state index in [4.69, 9.17) is 21.1 Å². The van der Waals surface area contributed by atoms with E-state index in [0.29, 0.717) is 55.4 Å². The quantitative estimate of drug-likeness (QED) is 0.315. The molecule has 2 aromatic carbocycles. The van der Waals surface area contributed by atoms with Gasteiger partial charge in [0.25, 0.3) is 11.5 Å². The zero-order valence-corrected chi connectivity index (χ0v) is 26.8. The summed E-state index contributed by atoms with van der Waals surface area (Å²) in [7, 11) is 0. The fourth-order valence-electron chi connectivity index (χ4n) is 6.65. The van der Waals surface area contributed by atoms with Crippen LogP contribution in [0, 0.1) is 32.1 Å². The number of halogens is 1. The Morgan fingerprint density at radius 3 is 2.36 bits per heavy atom. The summed E-state index contributed by atoms with van der Waals surface area (Å²) in [5.41, 5.74) is 6.04. The van der Waals surface area contributed by atoms with Crippen LogP contribution >= 0.6 is 11.6 Å². The van der Waals surface area contributed by atoms with Gasteiger partial charge in [-0.25, -0.2) is 0 Å². The molecular weight excluding hydrogens is 576 g/mol. The lowest BCUT2D eigenvalue weighted by Crippen LogP contribution is -2.40. The molecule has 0 bridgehead atoms. The number of carbonyl (C=O) groups is 1. The number of aryl methyl sites for hydroxylation is 2. The molecule has 0 unspecified atom stereocenters. The Hall–Kier alpha value is -3.64. The van der Waals surface area contributed by atoms with Crippen LogP contribution in [-0.2, 0) is 21.4 Å². The van der Waals surface area contributed by atoms with E-state index < -0.39 is 5.41 Å². The Kier molecular flexibility index (Phi) is 9.79. The maximum atomic E-state index is 13.9. The first-order valence-corrected chi connectivity index (χ1v) is 15.8. The summed E-state index contributed by atoms with van der Waals surface area (Å²) in [6.07, 6.45) is 3.11. The number of nitrogens with zero attached hydrogens (tertiary/aromatic N) is 2. The molecule has 232 valence electrons. The van der Waals surface area contributed by atoms with Crippen LogP contribution in [0.5, 0.6) is 0 Å². The van der Waals surface area contributed by atoms with Crippen LogP contribution in [0.3, 0.4) is 0 Å². The van der Waals surface area contributed by atoms with E-state index in [2.05, 4.69) is 34.3 Å². The van der Waals surface area contributed by atoms with E-state index in [1.807, 2.05) is 51.1 Å². The van der Waals surface area contributed by atoms with Gasteiger partial charge in [-0.2, -0.15) is 5.26 Å². The number of nitriles is 1. The molecule has 0 spiro atoms. The topological polar surface area (TPSA) is 107 Å². The molecular formula is C35H41ClN4O4. The number of aromatic nitrogens is 1. The fraction of sp³-hybridized carbons (Fsp3) is 0.457. The number of rotatable bonds is 8. The Morgan fingerprint density at radius 2 is 1.75 bits per heavy atom. The second kappa shape index (κ2) is 13.6. The van der Waals surface area contributed by atoms with Gasteiger partial charge in [0.1, 0.15) is 0 Å². The van der Waals surface area contributed by atoms with Crippen LogP contribution in [0.15, 0.2) is 41.2 Å². The molecule has 2 fully saturated rings. The molecule has 2 N–H and O–H groups in total. The number of anilines is 1. The zero-order chi connectivity index (χ0) is 31.4. The summed E-state index contributed by atoms with van der Waals surface area (Å²) in [4.78, 5) is 31.7. The number of carbonyl (C=O) groups excluding carboxylic acids is 1. The molecule has 9 heteroatoms. The molecule has 3 aromatic rings. The molecule has 2 aliphatic heterocycles. The SMILES string of the molecule is CCN(c1cc(-c2ccc(C3(C#N)CCOCC3)cc2)c(Cl)c(C(=O)NCc2c(C)cc(C)[nH]c2=O)c1C)C1CCOCC1. The summed E-state index contributed by atoms with van der Waals surface area (Å²) in [5.74, 6) is -0.333. The Bertz CT molecular complexity index is 1610. The van der Waals surface area contributed by atoms with Crippen molar-refractivity contribution in [2.75, 3.05) is 37.9 Å². The highest BCUT2D eigenvalue weighted by molar-refractivity contribution is 6.37. The smallest absolute Gasteiger partial charge is 0.253 e. The largest absolute Gasteiger partial charge is 0.381 e. The van der Waals surface area contributed by atoms with E-state index in [1.54, 1.807) is 0 Å². The highest BCUT2D eigenvalue weighted by atomic mass is 35.5. The van der Waals surface area contributed by atoms with Gasteiger partial charge in [0.2, 0.25) is 0 Å². The average molecular weight is 617 g/mol. The molecule has 0 atom stereocenters. The number of hydrogen-bond donors (Lipinski definition) is 2. The molecule has 2 aliphatic rings. The van der Waals surface area contributed by atoms with Crippen molar-refractivity contribution >= 4 is 23.2 Å².